The third-order valence-electron chi connectivity index (χ3n) is 1.58. The molecule has 0 spiro atoms. The number of nitrogens with one attached hydrogen (secondary N) is 2. The predicted molar refractivity (Wildman–Crippen MR) is 37.5 cm³/mol. The number of hydrogen-bond acceptors (Lipinski definition) is 3. The number of nitrogens with zero attached hydrogens (tertiary/aromatic N) is 1. The minimum Gasteiger partial charge on any atom is -0.374 e. The lowest BCUT2D eigenvalue weighted by molar-refractivity contribution is 0.353. The monoisotopic (exact) mass is 127 g/mol. The van der Waals surface area contributed by atoms with E-state index in [2.05, 4.69) is 22.5 Å². The summed E-state index contributed by atoms with van der Waals surface area (Å²) in [5.41, 5.74) is 0. The molecule has 1 aliphatic heterocycles. The van der Waals surface area contributed by atoms with Gasteiger partial charge in [-0.25, -0.2) is 0 Å². The van der Waals surface area contributed by atoms with Crippen LogP contribution in [-0.2, 0) is 0 Å². The van der Waals surface area contributed by atoms with Crippen molar-refractivity contribution in [2.75, 3.05) is 14.1 Å². The number of hydrogen-bond donors (Lipinski definition) is 2. The van der Waals surface area contributed by atoms with Crippen molar-refractivity contribution < 1.29 is 0 Å². The highest BCUT2D eigenvalue weighted by atomic mass is 15.3. The topological polar surface area (TPSA) is 27.3 Å². The van der Waals surface area contributed by atoms with Crippen LogP contribution < -0.4 is 10.6 Å². The molecule has 0 saturated heterocycles. The summed E-state index contributed by atoms with van der Waals surface area (Å²) in [6.45, 7) is 2.11. The summed E-state index contributed by atoms with van der Waals surface area (Å²) >= 11 is 0. The Balaban J connectivity index is 2.52. The van der Waals surface area contributed by atoms with Crippen LogP contribution in [0.1, 0.15) is 6.92 Å². The molecule has 0 amide bonds. The molecule has 0 bridgehead atoms. The van der Waals surface area contributed by atoms with Gasteiger partial charge in [-0.2, -0.15) is 0 Å². The van der Waals surface area contributed by atoms with Crippen molar-refractivity contribution in [1.82, 2.24) is 15.5 Å². The average molecular weight is 127 g/mol. The van der Waals surface area contributed by atoms with Crippen LogP contribution in [0.25, 0.3) is 0 Å². The van der Waals surface area contributed by atoms with E-state index < -0.39 is 0 Å². The summed E-state index contributed by atoms with van der Waals surface area (Å²) in [5, 5.41) is 6.26. The van der Waals surface area contributed by atoms with Crippen LogP contribution in [0.3, 0.4) is 0 Å². The average Bonchev–Trinajstić information content (AvgIpc) is 2.13. The molecule has 0 aromatic carbocycles. The van der Waals surface area contributed by atoms with Crippen molar-refractivity contribution in [2.24, 2.45) is 0 Å². The van der Waals surface area contributed by atoms with Crippen LogP contribution in [0.5, 0.6) is 0 Å². The van der Waals surface area contributed by atoms with E-state index in [-0.39, 0.29) is 0 Å². The van der Waals surface area contributed by atoms with Crippen LogP contribution in [0, 0.1) is 0 Å². The van der Waals surface area contributed by atoms with E-state index in [1.54, 1.807) is 0 Å². The molecule has 1 unspecified atom stereocenters. The molecule has 0 aliphatic carbocycles. The standard InChI is InChI=1S/C6H13N3/c1-5-8-6(7-2)4-9(5)3/h4-5,7-8H,1-3H3. The second-order valence-electron chi connectivity index (χ2n) is 2.28. The fourth-order valence-corrected chi connectivity index (χ4v) is 0.816. The highest BCUT2D eigenvalue weighted by Crippen LogP contribution is 2.03. The minimum absolute atomic E-state index is 0.424. The van der Waals surface area contributed by atoms with Gasteiger partial charge < -0.3 is 15.5 Å². The van der Waals surface area contributed by atoms with E-state index in [1.165, 1.54) is 0 Å². The highest BCUT2D eigenvalue weighted by molar-refractivity contribution is 5.03. The molecule has 3 heteroatoms. The Kier molecular flexibility index (Phi) is 1.51. The molecule has 0 saturated carbocycles. The van der Waals surface area contributed by atoms with Gasteiger partial charge in [0, 0.05) is 20.3 Å². The molecule has 52 valence electrons. The maximum absolute atomic E-state index is 3.23. The van der Waals surface area contributed by atoms with Crippen molar-refractivity contribution >= 4 is 0 Å². The Morgan fingerprint density at radius 3 is 2.67 bits per heavy atom. The van der Waals surface area contributed by atoms with Crippen LogP contribution in [0.4, 0.5) is 0 Å². The molecule has 1 rings (SSSR count). The Morgan fingerprint density at radius 1 is 1.78 bits per heavy atom. The first kappa shape index (κ1) is 6.26. The van der Waals surface area contributed by atoms with Gasteiger partial charge in [-0.3, -0.25) is 0 Å². The molecule has 0 fully saturated rings. The van der Waals surface area contributed by atoms with Crippen molar-refractivity contribution in [3.8, 4) is 0 Å². The number of rotatable bonds is 1. The molecule has 0 radical (unpaired) electrons. The lowest BCUT2D eigenvalue weighted by Crippen LogP contribution is -2.32. The molecule has 9 heavy (non-hydrogen) atoms. The second kappa shape index (κ2) is 2.17. The van der Waals surface area contributed by atoms with Gasteiger partial charge >= 0.3 is 0 Å². The maximum atomic E-state index is 3.23. The SMILES string of the molecule is CNC1=CN(C)C(C)N1. The molecule has 1 heterocycles. The first-order chi connectivity index (χ1) is 4.24. The van der Waals surface area contributed by atoms with E-state index in [0.717, 1.165) is 5.82 Å². The van der Waals surface area contributed by atoms with Crippen molar-refractivity contribution in [2.45, 2.75) is 13.1 Å². The molecule has 1 aliphatic rings. The Labute approximate surface area is 55.7 Å². The first-order valence-corrected chi connectivity index (χ1v) is 3.12. The first-order valence-electron chi connectivity index (χ1n) is 3.12. The van der Waals surface area contributed by atoms with E-state index in [9.17, 15) is 0 Å². The molecule has 2 N–H and O–H groups in total. The zero-order chi connectivity index (χ0) is 6.85. The third kappa shape index (κ3) is 1.09. The minimum atomic E-state index is 0.424. The van der Waals surface area contributed by atoms with Gasteiger partial charge in [0.25, 0.3) is 0 Å². The lowest BCUT2D eigenvalue weighted by atomic mass is 10.6. The van der Waals surface area contributed by atoms with Gasteiger partial charge in [-0.15, -0.1) is 0 Å². The zero-order valence-electron chi connectivity index (χ0n) is 6.10. The summed E-state index contributed by atoms with van der Waals surface area (Å²) in [6, 6.07) is 0. The van der Waals surface area contributed by atoms with Gasteiger partial charge in [-0.1, -0.05) is 0 Å². The van der Waals surface area contributed by atoms with Crippen LogP contribution >= 0.6 is 0 Å². The van der Waals surface area contributed by atoms with Gasteiger partial charge in [0.15, 0.2) is 0 Å². The largest absolute Gasteiger partial charge is 0.374 e. The second-order valence-corrected chi connectivity index (χ2v) is 2.28. The van der Waals surface area contributed by atoms with Gasteiger partial charge in [-0.05, 0) is 6.92 Å². The zero-order valence-corrected chi connectivity index (χ0v) is 6.10. The van der Waals surface area contributed by atoms with Crippen LogP contribution in [0.2, 0.25) is 0 Å². The van der Waals surface area contributed by atoms with Crippen molar-refractivity contribution in [3.05, 3.63) is 12.0 Å². The normalized spacial score (nSPS) is 25.4. The fourth-order valence-electron chi connectivity index (χ4n) is 0.816. The lowest BCUT2D eigenvalue weighted by Gasteiger charge is -2.14. The van der Waals surface area contributed by atoms with Crippen molar-refractivity contribution in [3.63, 3.8) is 0 Å². The Bertz CT molecular complexity index is 130. The third-order valence-corrected chi connectivity index (χ3v) is 1.58. The maximum Gasteiger partial charge on any atom is 0.116 e. The Morgan fingerprint density at radius 2 is 2.44 bits per heavy atom. The van der Waals surface area contributed by atoms with Crippen molar-refractivity contribution in [1.29, 1.82) is 0 Å². The van der Waals surface area contributed by atoms with Gasteiger partial charge in [0.05, 0.1) is 6.17 Å². The van der Waals surface area contributed by atoms with Gasteiger partial charge in [0.2, 0.25) is 0 Å². The molecule has 0 aromatic rings. The summed E-state index contributed by atoms with van der Waals surface area (Å²) in [4.78, 5) is 2.12. The Hall–Kier alpha value is -0.860. The van der Waals surface area contributed by atoms with E-state index in [4.69, 9.17) is 0 Å². The summed E-state index contributed by atoms with van der Waals surface area (Å²) in [6.07, 6.45) is 2.47. The summed E-state index contributed by atoms with van der Waals surface area (Å²) < 4.78 is 0. The molecular formula is C6H13N3. The molecular weight excluding hydrogens is 114 g/mol. The van der Waals surface area contributed by atoms with Gasteiger partial charge in [0.1, 0.15) is 5.82 Å². The van der Waals surface area contributed by atoms with Crippen LogP contribution in [-0.4, -0.2) is 25.2 Å². The van der Waals surface area contributed by atoms with E-state index in [0.29, 0.717) is 6.17 Å². The summed E-state index contributed by atoms with van der Waals surface area (Å²) in [7, 11) is 3.95. The smallest absolute Gasteiger partial charge is 0.116 e. The fraction of sp³-hybridized carbons (Fsp3) is 0.667. The quantitative estimate of drug-likeness (QED) is 0.514. The van der Waals surface area contributed by atoms with E-state index in [1.807, 2.05) is 20.3 Å². The molecule has 1 atom stereocenters. The molecule has 0 aromatic heterocycles. The predicted octanol–water partition coefficient (Wildman–Crippen LogP) is -0.114. The van der Waals surface area contributed by atoms with Crippen LogP contribution in [0.15, 0.2) is 12.0 Å². The van der Waals surface area contributed by atoms with E-state index >= 15 is 0 Å². The highest BCUT2D eigenvalue weighted by Gasteiger charge is 2.13. The summed E-state index contributed by atoms with van der Waals surface area (Å²) in [5.74, 6) is 1.09. The molecule has 3 nitrogen and oxygen atoms in total.